The number of halogens is 2. The Labute approximate surface area is 192 Å². The van der Waals surface area contributed by atoms with Crippen molar-refractivity contribution in [2.45, 2.75) is 20.3 Å². The summed E-state index contributed by atoms with van der Waals surface area (Å²) in [7, 11) is 1.46. The van der Waals surface area contributed by atoms with E-state index in [2.05, 4.69) is 10.6 Å². The molecule has 8 nitrogen and oxygen atoms in total. The molecule has 31 heavy (non-hydrogen) atoms. The zero-order valence-corrected chi connectivity index (χ0v) is 19.3. The molecule has 0 aliphatic carbocycles. The number of nitrogens with one attached hydrogen (secondary N) is 2. The zero-order chi connectivity index (χ0) is 23.1. The predicted molar refractivity (Wildman–Crippen MR) is 118 cm³/mol. The molecule has 0 spiro atoms. The van der Waals surface area contributed by atoms with Gasteiger partial charge in [-0.25, -0.2) is 4.79 Å². The number of rotatable bonds is 8. The van der Waals surface area contributed by atoms with Gasteiger partial charge in [-0.05, 0) is 37.1 Å². The highest BCUT2D eigenvalue weighted by Gasteiger charge is 2.26. The van der Waals surface area contributed by atoms with Crippen LogP contribution in [-0.2, 0) is 25.5 Å². The third-order valence-corrected chi connectivity index (χ3v) is 5.95. The fraction of sp³-hybridized carbons (Fsp3) is 0.300. The Morgan fingerprint density at radius 1 is 1.10 bits per heavy atom. The van der Waals surface area contributed by atoms with Crippen LogP contribution >= 0.6 is 34.5 Å². The van der Waals surface area contributed by atoms with E-state index in [9.17, 15) is 19.2 Å². The van der Waals surface area contributed by atoms with E-state index < -0.39 is 30.4 Å². The smallest absolute Gasteiger partial charge is 0.341 e. The molecular formula is C20H20Cl2N2O6S. The zero-order valence-electron chi connectivity index (χ0n) is 17.0. The van der Waals surface area contributed by atoms with Crippen LogP contribution in [-0.4, -0.2) is 44.0 Å². The molecule has 2 aromatic rings. The molecule has 0 bridgehead atoms. The normalized spacial score (nSPS) is 10.4. The van der Waals surface area contributed by atoms with E-state index in [4.69, 9.17) is 32.7 Å². The maximum absolute atomic E-state index is 12.3. The highest BCUT2D eigenvalue weighted by Crippen LogP contribution is 2.33. The SMILES string of the molecule is CCOC(=O)c1c(NC(=O)COC(=O)Cc2ccc(Cl)c(Cl)c2)sc(C(=O)NC)c1C. The van der Waals surface area contributed by atoms with E-state index in [0.717, 1.165) is 11.3 Å². The molecule has 1 heterocycles. The number of carbonyl (C=O) groups excluding carboxylic acids is 4. The van der Waals surface area contributed by atoms with Gasteiger partial charge in [-0.15, -0.1) is 11.3 Å². The van der Waals surface area contributed by atoms with Crippen molar-refractivity contribution in [3.8, 4) is 0 Å². The van der Waals surface area contributed by atoms with E-state index in [-0.39, 0.29) is 28.5 Å². The van der Waals surface area contributed by atoms with Crippen LogP contribution in [0.5, 0.6) is 0 Å². The second-order valence-corrected chi connectivity index (χ2v) is 8.03. The molecule has 0 saturated heterocycles. The van der Waals surface area contributed by atoms with E-state index >= 15 is 0 Å². The first-order valence-electron chi connectivity index (χ1n) is 9.09. The molecule has 0 fully saturated rings. The first kappa shape index (κ1) is 24.6. The number of amides is 2. The topological polar surface area (TPSA) is 111 Å². The Hall–Kier alpha value is -2.62. The molecule has 0 aliphatic heterocycles. The molecule has 1 aromatic carbocycles. The van der Waals surface area contributed by atoms with Gasteiger partial charge < -0.3 is 20.1 Å². The monoisotopic (exact) mass is 486 g/mol. The first-order valence-corrected chi connectivity index (χ1v) is 10.7. The molecule has 1 aromatic heterocycles. The molecule has 2 rings (SSSR count). The molecule has 0 radical (unpaired) electrons. The van der Waals surface area contributed by atoms with Gasteiger partial charge in [0.05, 0.1) is 33.5 Å². The molecule has 166 valence electrons. The lowest BCUT2D eigenvalue weighted by Gasteiger charge is -2.08. The molecule has 0 aliphatic rings. The number of esters is 2. The summed E-state index contributed by atoms with van der Waals surface area (Å²) >= 11 is 12.7. The minimum atomic E-state index is -0.669. The lowest BCUT2D eigenvalue weighted by atomic mass is 10.1. The molecule has 0 atom stereocenters. The molecule has 11 heteroatoms. The minimum absolute atomic E-state index is 0.0842. The molecule has 2 amide bonds. The number of benzene rings is 1. The van der Waals surface area contributed by atoms with E-state index in [1.807, 2.05) is 0 Å². The average Bonchev–Trinajstić information content (AvgIpc) is 3.04. The van der Waals surface area contributed by atoms with Crippen molar-refractivity contribution >= 4 is 63.3 Å². The van der Waals surface area contributed by atoms with Crippen LogP contribution in [0, 0.1) is 6.92 Å². The van der Waals surface area contributed by atoms with Crippen molar-refractivity contribution < 1.29 is 28.7 Å². The van der Waals surface area contributed by atoms with E-state index in [0.29, 0.717) is 21.2 Å². The number of thiophene rings is 1. The van der Waals surface area contributed by atoms with Crippen LogP contribution in [0.4, 0.5) is 5.00 Å². The molecule has 2 N–H and O–H groups in total. The maximum Gasteiger partial charge on any atom is 0.341 e. The van der Waals surface area contributed by atoms with Gasteiger partial charge in [0.25, 0.3) is 11.8 Å². The van der Waals surface area contributed by atoms with Crippen molar-refractivity contribution in [2.24, 2.45) is 0 Å². The summed E-state index contributed by atoms with van der Waals surface area (Å²) in [5.74, 6) is -2.38. The van der Waals surface area contributed by atoms with Crippen LogP contribution in [0.25, 0.3) is 0 Å². The van der Waals surface area contributed by atoms with Crippen molar-refractivity contribution in [2.75, 3.05) is 25.6 Å². The van der Waals surface area contributed by atoms with Crippen LogP contribution in [0.15, 0.2) is 18.2 Å². The Morgan fingerprint density at radius 3 is 2.42 bits per heavy atom. The lowest BCUT2D eigenvalue weighted by Crippen LogP contribution is -2.22. The summed E-state index contributed by atoms with van der Waals surface area (Å²) in [5, 5.41) is 5.79. The second kappa shape index (κ2) is 11.1. The van der Waals surface area contributed by atoms with E-state index in [1.165, 1.54) is 13.1 Å². The predicted octanol–water partition coefficient (Wildman–Crippen LogP) is 3.62. The summed E-state index contributed by atoms with van der Waals surface area (Å²) in [6.45, 7) is 2.78. The molecule has 0 unspecified atom stereocenters. The van der Waals surface area contributed by atoms with Crippen molar-refractivity contribution in [3.63, 3.8) is 0 Å². The summed E-state index contributed by atoms with van der Waals surface area (Å²) < 4.78 is 10.0. The minimum Gasteiger partial charge on any atom is -0.462 e. The molecular weight excluding hydrogens is 467 g/mol. The Morgan fingerprint density at radius 2 is 1.81 bits per heavy atom. The van der Waals surface area contributed by atoms with Crippen LogP contribution in [0.1, 0.15) is 38.1 Å². The largest absolute Gasteiger partial charge is 0.462 e. The maximum atomic E-state index is 12.3. The number of ether oxygens (including phenoxy) is 2. The second-order valence-electron chi connectivity index (χ2n) is 6.19. The van der Waals surface area contributed by atoms with Gasteiger partial charge in [0.1, 0.15) is 5.00 Å². The van der Waals surface area contributed by atoms with Gasteiger partial charge in [0.15, 0.2) is 6.61 Å². The first-order chi connectivity index (χ1) is 14.7. The van der Waals surface area contributed by atoms with Crippen molar-refractivity contribution in [1.82, 2.24) is 5.32 Å². The van der Waals surface area contributed by atoms with Crippen molar-refractivity contribution in [1.29, 1.82) is 0 Å². The molecule has 0 saturated carbocycles. The summed E-state index contributed by atoms with van der Waals surface area (Å²) in [6.07, 6.45) is -0.100. The fourth-order valence-corrected chi connectivity index (χ4v) is 4.03. The Kier molecular flexibility index (Phi) is 8.85. The van der Waals surface area contributed by atoms with E-state index in [1.54, 1.807) is 26.0 Å². The third kappa shape index (κ3) is 6.43. The number of anilines is 1. The highest BCUT2D eigenvalue weighted by atomic mass is 35.5. The third-order valence-electron chi connectivity index (χ3n) is 4.01. The van der Waals surface area contributed by atoms with Gasteiger partial charge in [-0.1, -0.05) is 29.3 Å². The Balaban J connectivity index is 2.06. The van der Waals surface area contributed by atoms with Crippen LogP contribution in [0.3, 0.4) is 0 Å². The van der Waals surface area contributed by atoms with Crippen molar-refractivity contribution in [3.05, 3.63) is 49.8 Å². The lowest BCUT2D eigenvalue weighted by molar-refractivity contribution is -0.146. The summed E-state index contributed by atoms with van der Waals surface area (Å²) in [4.78, 5) is 48.9. The van der Waals surface area contributed by atoms with Crippen LogP contribution in [0.2, 0.25) is 10.0 Å². The quantitative estimate of drug-likeness (QED) is 0.551. The Bertz CT molecular complexity index is 1020. The summed E-state index contributed by atoms with van der Waals surface area (Å²) in [6, 6.07) is 4.71. The highest BCUT2D eigenvalue weighted by molar-refractivity contribution is 7.18. The van der Waals surface area contributed by atoms with Gasteiger partial charge >= 0.3 is 11.9 Å². The number of hydrogen-bond donors (Lipinski definition) is 2. The number of hydrogen-bond acceptors (Lipinski definition) is 7. The van der Waals surface area contributed by atoms with Gasteiger partial charge in [-0.3, -0.25) is 14.4 Å². The van der Waals surface area contributed by atoms with Gasteiger partial charge in [-0.2, -0.15) is 0 Å². The average molecular weight is 487 g/mol. The summed E-state index contributed by atoms with van der Waals surface area (Å²) in [5.41, 5.74) is 1.05. The van der Waals surface area contributed by atoms with Gasteiger partial charge in [0.2, 0.25) is 0 Å². The fourth-order valence-electron chi connectivity index (χ4n) is 2.56. The van der Waals surface area contributed by atoms with Gasteiger partial charge in [0, 0.05) is 7.05 Å². The number of carbonyl (C=O) groups is 4. The standard InChI is InChI=1S/C20H20Cl2N2O6S/c1-4-29-20(28)16-10(2)17(18(27)23-3)31-19(16)24-14(25)9-30-15(26)8-11-5-6-12(21)13(22)7-11/h5-7H,4,8-9H2,1-3H3,(H,23,27)(H,24,25). The van der Waals surface area contributed by atoms with Crippen LogP contribution < -0.4 is 10.6 Å².